The van der Waals surface area contributed by atoms with Gasteiger partial charge < -0.3 is 4.74 Å². The van der Waals surface area contributed by atoms with E-state index in [1.54, 1.807) is 29.2 Å². The summed E-state index contributed by atoms with van der Waals surface area (Å²) in [4.78, 5) is 6.22. The number of pyridine rings is 1. The van der Waals surface area contributed by atoms with Crippen LogP contribution in [-0.2, 0) is 20.1 Å². The lowest BCUT2D eigenvalue weighted by Crippen LogP contribution is -2.18. The molecule has 25 heavy (non-hydrogen) atoms. The Morgan fingerprint density at radius 1 is 1.16 bits per heavy atom. The number of rotatable bonds is 6. The van der Waals surface area contributed by atoms with Crippen LogP contribution in [0, 0.1) is 12.7 Å². The van der Waals surface area contributed by atoms with Gasteiger partial charge in [-0.05, 0) is 43.8 Å². The summed E-state index contributed by atoms with van der Waals surface area (Å²) in [6, 6.07) is 10.3. The molecule has 0 fully saturated rings. The number of hydrogen-bond acceptors (Lipinski definition) is 4. The molecule has 0 spiro atoms. The number of aromatic nitrogens is 3. The van der Waals surface area contributed by atoms with Crippen LogP contribution in [0.5, 0.6) is 11.6 Å². The van der Waals surface area contributed by atoms with Crippen molar-refractivity contribution < 1.29 is 9.13 Å². The van der Waals surface area contributed by atoms with E-state index < -0.39 is 0 Å². The van der Waals surface area contributed by atoms with Crippen LogP contribution >= 0.6 is 0 Å². The van der Waals surface area contributed by atoms with E-state index in [0.29, 0.717) is 24.7 Å². The Bertz CT molecular complexity index is 831. The molecule has 0 radical (unpaired) electrons. The number of hydrogen-bond donors (Lipinski definition) is 0. The molecule has 2 aromatic heterocycles. The molecule has 3 aromatic rings. The van der Waals surface area contributed by atoms with Crippen LogP contribution in [0.4, 0.5) is 4.39 Å². The maximum absolute atomic E-state index is 13.0. The summed E-state index contributed by atoms with van der Waals surface area (Å²) >= 11 is 0. The van der Waals surface area contributed by atoms with Crippen LogP contribution in [0.1, 0.15) is 16.8 Å². The molecule has 0 unspecified atom stereocenters. The minimum absolute atomic E-state index is 0.221. The maximum Gasteiger partial charge on any atom is 0.222 e. The van der Waals surface area contributed by atoms with Gasteiger partial charge in [-0.15, -0.1) is 0 Å². The second kappa shape index (κ2) is 7.44. The highest BCUT2D eigenvalue weighted by atomic mass is 19.1. The Balaban J connectivity index is 1.76. The van der Waals surface area contributed by atoms with E-state index in [1.165, 1.54) is 12.1 Å². The molecule has 6 heteroatoms. The van der Waals surface area contributed by atoms with Crippen molar-refractivity contribution >= 4 is 0 Å². The van der Waals surface area contributed by atoms with Gasteiger partial charge in [-0.1, -0.05) is 12.1 Å². The third-order valence-corrected chi connectivity index (χ3v) is 3.93. The molecule has 0 saturated heterocycles. The Morgan fingerprint density at radius 3 is 2.60 bits per heavy atom. The van der Waals surface area contributed by atoms with Crippen molar-refractivity contribution in [3.63, 3.8) is 0 Å². The maximum atomic E-state index is 13.0. The summed E-state index contributed by atoms with van der Waals surface area (Å²) in [6.07, 6.45) is 3.38. The van der Waals surface area contributed by atoms with E-state index in [1.807, 2.05) is 33.2 Å². The highest BCUT2D eigenvalue weighted by Crippen LogP contribution is 2.28. The van der Waals surface area contributed by atoms with Crippen molar-refractivity contribution in [3.05, 3.63) is 71.4 Å². The van der Waals surface area contributed by atoms with E-state index in [9.17, 15) is 4.39 Å². The number of halogens is 1. The smallest absolute Gasteiger partial charge is 0.222 e. The molecule has 2 heterocycles. The highest BCUT2D eigenvalue weighted by Gasteiger charge is 2.17. The first-order chi connectivity index (χ1) is 12.0. The molecule has 0 atom stereocenters. The van der Waals surface area contributed by atoms with Crippen molar-refractivity contribution in [1.29, 1.82) is 0 Å². The fraction of sp³-hybridized carbons (Fsp3) is 0.263. The zero-order chi connectivity index (χ0) is 17.8. The number of aryl methyl sites for hydroxylation is 2. The van der Waals surface area contributed by atoms with Gasteiger partial charge in [0, 0.05) is 26.3 Å². The summed E-state index contributed by atoms with van der Waals surface area (Å²) < 4.78 is 20.8. The van der Waals surface area contributed by atoms with Crippen LogP contribution in [0.3, 0.4) is 0 Å². The van der Waals surface area contributed by atoms with E-state index in [-0.39, 0.29) is 5.82 Å². The fourth-order valence-corrected chi connectivity index (χ4v) is 2.74. The van der Waals surface area contributed by atoms with E-state index in [2.05, 4.69) is 15.0 Å². The highest BCUT2D eigenvalue weighted by molar-refractivity contribution is 5.34. The average molecular weight is 340 g/mol. The third kappa shape index (κ3) is 4.22. The van der Waals surface area contributed by atoms with Gasteiger partial charge in [0.05, 0.1) is 17.5 Å². The average Bonchev–Trinajstić information content (AvgIpc) is 2.85. The standard InChI is InChI=1S/C19H21FN4O/c1-14-18(13-23(2)12-15-6-8-16(20)9-7-15)19(24(3)22-14)25-17-5-4-10-21-11-17/h4-11H,12-13H2,1-3H3. The first kappa shape index (κ1) is 17.1. The lowest BCUT2D eigenvalue weighted by molar-refractivity contribution is 0.311. The second-order valence-corrected chi connectivity index (χ2v) is 6.08. The zero-order valence-corrected chi connectivity index (χ0v) is 14.6. The van der Waals surface area contributed by atoms with Gasteiger partial charge in [0.1, 0.15) is 11.6 Å². The number of ether oxygens (including phenoxy) is 1. The van der Waals surface area contributed by atoms with Crippen LogP contribution in [-0.4, -0.2) is 26.7 Å². The minimum Gasteiger partial charge on any atom is -0.437 e. The number of nitrogens with zero attached hydrogens (tertiary/aromatic N) is 4. The number of benzene rings is 1. The second-order valence-electron chi connectivity index (χ2n) is 6.08. The van der Waals surface area contributed by atoms with Crippen molar-refractivity contribution in [3.8, 4) is 11.6 Å². The predicted molar refractivity (Wildman–Crippen MR) is 93.8 cm³/mol. The Hall–Kier alpha value is -2.73. The summed E-state index contributed by atoms with van der Waals surface area (Å²) in [5.41, 5.74) is 3.00. The SMILES string of the molecule is Cc1nn(C)c(Oc2cccnc2)c1CN(C)Cc1ccc(F)cc1. The molecule has 0 N–H and O–H groups in total. The molecule has 3 rings (SSSR count). The first-order valence-electron chi connectivity index (χ1n) is 8.06. The molecule has 0 amide bonds. The van der Waals surface area contributed by atoms with E-state index in [4.69, 9.17) is 4.74 Å². The van der Waals surface area contributed by atoms with Crippen molar-refractivity contribution in [2.75, 3.05) is 7.05 Å². The summed E-state index contributed by atoms with van der Waals surface area (Å²) in [7, 11) is 3.88. The molecule has 0 saturated carbocycles. The molecular formula is C19H21FN4O. The predicted octanol–water partition coefficient (Wildman–Crippen LogP) is 3.69. The van der Waals surface area contributed by atoms with Gasteiger partial charge in [0.15, 0.2) is 0 Å². The quantitative estimate of drug-likeness (QED) is 0.686. The van der Waals surface area contributed by atoms with Crippen LogP contribution in [0.15, 0.2) is 48.8 Å². The molecule has 0 aliphatic rings. The summed E-state index contributed by atoms with van der Waals surface area (Å²) in [5, 5.41) is 4.47. The van der Waals surface area contributed by atoms with E-state index >= 15 is 0 Å². The zero-order valence-electron chi connectivity index (χ0n) is 14.6. The molecule has 0 bridgehead atoms. The molecule has 1 aromatic carbocycles. The molecule has 130 valence electrons. The van der Waals surface area contributed by atoms with Crippen LogP contribution < -0.4 is 4.74 Å². The van der Waals surface area contributed by atoms with Crippen molar-refractivity contribution in [1.82, 2.24) is 19.7 Å². The van der Waals surface area contributed by atoms with Gasteiger partial charge in [-0.3, -0.25) is 9.88 Å². The van der Waals surface area contributed by atoms with Crippen molar-refractivity contribution in [2.24, 2.45) is 7.05 Å². The van der Waals surface area contributed by atoms with Crippen LogP contribution in [0.25, 0.3) is 0 Å². The largest absolute Gasteiger partial charge is 0.437 e. The topological polar surface area (TPSA) is 43.2 Å². The van der Waals surface area contributed by atoms with Crippen molar-refractivity contribution in [2.45, 2.75) is 20.0 Å². The van der Waals surface area contributed by atoms with Gasteiger partial charge in [0.25, 0.3) is 0 Å². The lowest BCUT2D eigenvalue weighted by atomic mass is 10.2. The Labute approximate surface area is 146 Å². The lowest BCUT2D eigenvalue weighted by Gasteiger charge is -2.17. The Morgan fingerprint density at radius 2 is 1.92 bits per heavy atom. The molecule has 0 aliphatic heterocycles. The molecular weight excluding hydrogens is 319 g/mol. The fourth-order valence-electron chi connectivity index (χ4n) is 2.74. The monoisotopic (exact) mass is 340 g/mol. The van der Waals surface area contributed by atoms with Gasteiger partial charge in [0.2, 0.25) is 5.88 Å². The normalized spacial score (nSPS) is 11.1. The van der Waals surface area contributed by atoms with Crippen LogP contribution in [0.2, 0.25) is 0 Å². The Kier molecular flexibility index (Phi) is 5.09. The summed E-state index contributed by atoms with van der Waals surface area (Å²) in [5.74, 6) is 1.16. The minimum atomic E-state index is -0.221. The van der Waals surface area contributed by atoms with Gasteiger partial charge >= 0.3 is 0 Å². The first-order valence-corrected chi connectivity index (χ1v) is 8.06. The molecule has 5 nitrogen and oxygen atoms in total. The summed E-state index contributed by atoms with van der Waals surface area (Å²) in [6.45, 7) is 3.35. The third-order valence-electron chi connectivity index (χ3n) is 3.93. The van der Waals surface area contributed by atoms with E-state index in [0.717, 1.165) is 16.8 Å². The van der Waals surface area contributed by atoms with Gasteiger partial charge in [-0.2, -0.15) is 5.10 Å². The van der Waals surface area contributed by atoms with Gasteiger partial charge in [-0.25, -0.2) is 9.07 Å². The molecule has 0 aliphatic carbocycles.